The molecule has 1 atom stereocenters. The van der Waals surface area contributed by atoms with Crippen molar-refractivity contribution in [2.75, 3.05) is 0 Å². The fraction of sp³-hybridized carbons (Fsp3) is 0.150. The van der Waals surface area contributed by atoms with Gasteiger partial charge in [-0.25, -0.2) is 0 Å². The number of allylic oxidation sites excluding steroid dienone is 2. The summed E-state index contributed by atoms with van der Waals surface area (Å²) in [6.45, 7) is 0. The number of hydrogen-bond acceptors (Lipinski definition) is 3. The molecule has 0 saturated carbocycles. The fourth-order valence-electron chi connectivity index (χ4n) is 3.57. The highest BCUT2D eigenvalue weighted by atomic mass is 35.5. The first-order valence-electron chi connectivity index (χ1n) is 7.83. The second-order valence-electron chi connectivity index (χ2n) is 5.99. The average Bonchev–Trinajstić information content (AvgIpc) is 2.60. The molecule has 2 aliphatic rings. The number of ether oxygens (including phenoxy) is 1. The number of nitrogens with zero attached hydrogens (tertiary/aromatic N) is 1. The molecule has 3 nitrogen and oxygen atoms in total. The van der Waals surface area contributed by atoms with Crippen molar-refractivity contribution in [3.05, 3.63) is 87.3 Å². The molecule has 0 aromatic heterocycles. The maximum Gasteiger partial charge on any atom is 0.205 e. The Bertz CT molecular complexity index is 937. The third kappa shape index (κ3) is 2.28. The molecule has 1 aliphatic heterocycles. The summed E-state index contributed by atoms with van der Waals surface area (Å²) in [4.78, 5) is 0. The molecule has 2 N–H and O–H groups in total. The smallest absolute Gasteiger partial charge is 0.205 e. The van der Waals surface area contributed by atoms with Crippen LogP contribution in [0.3, 0.4) is 0 Å². The van der Waals surface area contributed by atoms with Crippen molar-refractivity contribution in [3.63, 3.8) is 0 Å². The van der Waals surface area contributed by atoms with Gasteiger partial charge in [0.2, 0.25) is 5.88 Å². The highest BCUT2D eigenvalue weighted by molar-refractivity contribution is 6.30. The molecular formula is C20H15ClN2O. The summed E-state index contributed by atoms with van der Waals surface area (Å²) in [5.74, 6) is 0.766. The van der Waals surface area contributed by atoms with Crippen LogP contribution < -0.4 is 5.73 Å². The van der Waals surface area contributed by atoms with E-state index in [-0.39, 0.29) is 11.8 Å². The maximum atomic E-state index is 9.62. The second-order valence-corrected chi connectivity index (χ2v) is 6.43. The van der Waals surface area contributed by atoms with E-state index in [0.29, 0.717) is 10.6 Å². The highest BCUT2D eigenvalue weighted by Crippen LogP contribution is 2.47. The number of nitrogens with two attached hydrogens (primary N) is 1. The van der Waals surface area contributed by atoms with Crippen LogP contribution in [-0.4, -0.2) is 0 Å². The Morgan fingerprint density at radius 1 is 1.12 bits per heavy atom. The van der Waals surface area contributed by atoms with Crippen molar-refractivity contribution in [1.82, 2.24) is 0 Å². The van der Waals surface area contributed by atoms with Gasteiger partial charge in [0.1, 0.15) is 17.4 Å². The lowest BCUT2D eigenvalue weighted by molar-refractivity contribution is 0.350. The van der Waals surface area contributed by atoms with Crippen LogP contribution in [0.5, 0.6) is 0 Å². The van der Waals surface area contributed by atoms with Crippen LogP contribution in [0.1, 0.15) is 29.0 Å². The van der Waals surface area contributed by atoms with Gasteiger partial charge in [-0.1, -0.05) is 48.0 Å². The minimum Gasteiger partial charge on any atom is -0.440 e. The van der Waals surface area contributed by atoms with Crippen molar-refractivity contribution < 1.29 is 4.74 Å². The van der Waals surface area contributed by atoms with Gasteiger partial charge in [0.05, 0.1) is 0 Å². The van der Waals surface area contributed by atoms with Crippen molar-refractivity contribution in [3.8, 4) is 6.07 Å². The predicted molar refractivity (Wildman–Crippen MR) is 93.8 cm³/mol. The van der Waals surface area contributed by atoms with Crippen LogP contribution in [0, 0.1) is 11.3 Å². The average molecular weight is 335 g/mol. The molecular weight excluding hydrogens is 320 g/mol. The van der Waals surface area contributed by atoms with Gasteiger partial charge < -0.3 is 10.5 Å². The fourth-order valence-corrected chi connectivity index (χ4v) is 3.77. The standard InChI is InChI=1S/C20H15ClN2O/c21-14-6-3-5-13(10-14)18-16-9-8-12-4-1-2-7-15(12)19(16)24-20(23)17(18)11-22/h1-7,10,18H,8-9,23H2. The van der Waals surface area contributed by atoms with Gasteiger partial charge in [-0.3, -0.25) is 0 Å². The van der Waals surface area contributed by atoms with Gasteiger partial charge in [0.25, 0.3) is 0 Å². The van der Waals surface area contributed by atoms with Crippen molar-refractivity contribution >= 4 is 17.4 Å². The zero-order valence-corrected chi connectivity index (χ0v) is 13.7. The van der Waals surface area contributed by atoms with Crippen LogP contribution in [0.2, 0.25) is 5.02 Å². The number of aryl methyl sites for hydroxylation is 1. The zero-order chi connectivity index (χ0) is 16.7. The molecule has 0 bridgehead atoms. The summed E-state index contributed by atoms with van der Waals surface area (Å²) in [7, 11) is 0. The van der Waals surface area contributed by atoms with Crippen LogP contribution in [0.25, 0.3) is 5.76 Å². The normalized spacial score (nSPS) is 19.2. The van der Waals surface area contributed by atoms with E-state index in [0.717, 1.165) is 35.3 Å². The molecule has 1 aliphatic carbocycles. The van der Waals surface area contributed by atoms with Crippen molar-refractivity contribution in [1.29, 1.82) is 5.26 Å². The van der Waals surface area contributed by atoms with E-state index in [4.69, 9.17) is 22.1 Å². The minimum atomic E-state index is -0.203. The first-order valence-corrected chi connectivity index (χ1v) is 8.21. The molecule has 118 valence electrons. The number of rotatable bonds is 1. The molecule has 4 heteroatoms. The Hall–Kier alpha value is -2.70. The summed E-state index contributed by atoms with van der Waals surface area (Å²) in [5.41, 5.74) is 10.9. The first kappa shape index (κ1) is 14.9. The number of nitriles is 1. The quantitative estimate of drug-likeness (QED) is 0.835. The molecule has 0 spiro atoms. The third-order valence-electron chi connectivity index (χ3n) is 4.63. The second kappa shape index (κ2) is 5.74. The molecule has 0 saturated heterocycles. The van der Waals surface area contributed by atoms with Gasteiger partial charge in [-0.05, 0) is 41.7 Å². The van der Waals surface area contributed by atoms with Gasteiger partial charge in [0.15, 0.2) is 0 Å². The number of fused-ring (bicyclic) bond motifs is 2. The molecule has 0 fully saturated rings. The van der Waals surface area contributed by atoms with E-state index >= 15 is 0 Å². The van der Waals surface area contributed by atoms with Crippen LogP contribution in [0.15, 0.2) is 65.6 Å². The lowest BCUT2D eigenvalue weighted by Gasteiger charge is -2.33. The Kier molecular flexibility index (Phi) is 3.55. The van der Waals surface area contributed by atoms with E-state index in [1.54, 1.807) is 0 Å². The molecule has 1 unspecified atom stereocenters. The monoisotopic (exact) mass is 334 g/mol. The summed E-state index contributed by atoms with van der Waals surface area (Å²) in [6.07, 6.45) is 1.76. The lowest BCUT2D eigenvalue weighted by Crippen LogP contribution is -2.23. The molecule has 2 aromatic rings. The summed E-state index contributed by atoms with van der Waals surface area (Å²) < 4.78 is 5.88. The van der Waals surface area contributed by atoms with Gasteiger partial charge in [-0.15, -0.1) is 0 Å². The number of benzene rings is 2. The number of halogens is 1. The van der Waals surface area contributed by atoms with Crippen LogP contribution in [-0.2, 0) is 11.2 Å². The lowest BCUT2D eigenvalue weighted by atomic mass is 9.76. The summed E-state index contributed by atoms with van der Waals surface area (Å²) in [6, 6.07) is 18.0. The Balaban J connectivity index is 1.93. The van der Waals surface area contributed by atoms with E-state index in [9.17, 15) is 5.26 Å². The molecule has 0 radical (unpaired) electrons. The van der Waals surface area contributed by atoms with Crippen LogP contribution >= 0.6 is 11.6 Å². The van der Waals surface area contributed by atoms with Gasteiger partial charge in [0, 0.05) is 16.5 Å². The van der Waals surface area contributed by atoms with Crippen molar-refractivity contribution in [2.45, 2.75) is 18.8 Å². The Morgan fingerprint density at radius 2 is 1.96 bits per heavy atom. The number of hydrogen-bond donors (Lipinski definition) is 1. The molecule has 4 rings (SSSR count). The van der Waals surface area contributed by atoms with Crippen molar-refractivity contribution in [2.24, 2.45) is 5.73 Å². The zero-order valence-electron chi connectivity index (χ0n) is 12.9. The van der Waals surface area contributed by atoms with E-state index in [1.807, 2.05) is 42.5 Å². The van der Waals surface area contributed by atoms with Crippen LogP contribution in [0.4, 0.5) is 0 Å². The van der Waals surface area contributed by atoms with Gasteiger partial charge in [-0.2, -0.15) is 5.26 Å². The van der Waals surface area contributed by atoms with E-state index in [1.165, 1.54) is 5.56 Å². The predicted octanol–water partition coefficient (Wildman–Crippen LogP) is 4.51. The van der Waals surface area contributed by atoms with E-state index in [2.05, 4.69) is 12.1 Å². The largest absolute Gasteiger partial charge is 0.440 e. The maximum absolute atomic E-state index is 9.62. The SMILES string of the molecule is N#CC1=C(N)OC2=C(CCc3ccccc32)C1c1cccc(Cl)c1. The molecule has 2 aromatic carbocycles. The minimum absolute atomic E-state index is 0.179. The van der Waals surface area contributed by atoms with Gasteiger partial charge >= 0.3 is 0 Å². The summed E-state index contributed by atoms with van der Waals surface area (Å²) in [5, 5.41) is 10.3. The molecule has 1 heterocycles. The Morgan fingerprint density at radius 3 is 2.75 bits per heavy atom. The topological polar surface area (TPSA) is 59.0 Å². The van der Waals surface area contributed by atoms with E-state index < -0.39 is 0 Å². The Labute approximate surface area is 145 Å². The molecule has 24 heavy (non-hydrogen) atoms. The highest BCUT2D eigenvalue weighted by Gasteiger charge is 2.35. The summed E-state index contributed by atoms with van der Waals surface area (Å²) >= 11 is 6.17. The molecule has 0 amide bonds. The third-order valence-corrected chi connectivity index (χ3v) is 4.87. The first-order chi connectivity index (χ1) is 11.7.